The quantitative estimate of drug-likeness (QED) is 0.714. The van der Waals surface area contributed by atoms with Crippen LogP contribution in [-0.4, -0.2) is 62.3 Å². The van der Waals surface area contributed by atoms with Gasteiger partial charge in [0, 0.05) is 18.6 Å². The Bertz CT molecular complexity index is 188. The van der Waals surface area contributed by atoms with E-state index in [1.165, 1.54) is 32.1 Å². The maximum atomic E-state index is 9.54. The van der Waals surface area contributed by atoms with Gasteiger partial charge >= 0.3 is 0 Å². The SMILES string of the molecule is CN(C)CCCN(C)CC1(CO)CCCC1. The molecule has 0 bridgehead atoms. The summed E-state index contributed by atoms with van der Waals surface area (Å²) >= 11 is 0. The summed E-state index contributed by atoms with van der Waals surface area (Å²) in [6.45, 7) is 3.72. The smallest absolute Gasteiger partial charge is 0.0499 e. The second-order valence-corrected chi connectivity index (χ2v) is 5.76. The molecule has 1 aliphatic carbocycles. The predicted octanol–water partition coefficient (Wildman–Crippen LogP) is 1.42. The first-order chi connectivity index (χ1) is 7.58. The fraction of sp³-hybridized carbons (Fsp3) is 1.00. The molecule has 3 heteroatoms. The summed E-state index contributed by atoms with van der Waals surface area (Å²) in [5, 5.41) is 9.54. The van der Waals surface area contributed by atoms with E-state index in [2.05, 4.69) is 30.9 Å². The molecule has 96 valence electrons. The third kappa shape index (κ3) is 4.40. The molecule has 0 aromatic rings. The van der Waals surface area contributed by atoms with E-state index in [9.17, 15) is 5.11 Å². The van der Waals surface area contributed by atoms with Crippen molar-refractivity contribution in [2.75, 3.05) is 47.4 Å². The van der Waals surface area contributed by atoms with Crippen molar-refractivity contribution in [3.05, 3.63) is 0 Å². The van der Waals surface area contributed by atoms with Gasteiger partial charge in [-0.25, -0.2) is 0 Å². The molecule has 0 amide bonds. The van der Waals surface area contributed by atoms with Crippen LogP contribution in [0.1, 0.15) is 32.1 Å². The van der Waals surface area contributed by atoms with Crippen molar-refractivity contribution in [3.63, 3.8) is 0 Å². The van der Waals surface area contributed by atoms with E-state index in [-0.39, 0.29) is 5.41 Å². The van der Waals surface area contributed by atoms with Gasteiger partial charge in [-0.3, -0.25) is 0 Å². The first kappa shape index (κ1) is 13.9. The zero-order valence-corrected chi connectivity index (χ0v) is 11.2. The van der Waals surface area contributed by atoms with E-state index in [0.29, 0.717) is 6.61 Å². The van der Waals surface area contributed by atoms with Gasteiger partial charge in [0.2, 0.25) is 0 Å². The number of hydrogen-bond donors (Lipinski definition) is 1. The van der Waals surface area contributed by atoms with Gasteiger partial charge in [-0.05, 0) is 53.5 Å². The van der Waals surface area contributed by atoms with Crippen LogP contribution in [0.3, 0.4) is 0 Å². The molecule has 0 unspecified atom stereocenters. The molecular formula is C13H28N2O. The first-order valence-corrected chi connectivity index (χ1v) is 6.52. The van der Waals surface area contributed by atoms with Gasteiger partial charge < -0.3 is 14.9 Å². The highest BCUT2D eigenvalue weighted by Crippen LogP contribution is 2.38. The molecular weight excluding hydrogens is 200 g/mol. The van der Waals surface area contributed by atoms with Crippen LogP contribution in [0.4, 0.5) is 0 Å². The third-order valence-electron chi connectivity index (χ3n) is 3.75. The summed E-state index contributed by atoms with van der Waals surface area (Å²) in [7, 11) is 6.42. The minimum Gasteiger partial charge on any atom is -0.396 e. The van der Waals surface area contributed by atoms with Crippen molar-refractivity contribution in [1.29, 1.82) is 0 Å². The van der Waals surface area contributed by atoms with E-state index in [4.69, 9.17) is 0 Å². The van der Waals surface area contributed by atoms with Crippen LogP contribution in [0.2, 0.25) is 0 Å². The van der Waals surface area contributed by atoms with Crippen molar-refractivity contribution in [2.45, 2.75) is 32.1 Å². The second kappa shape index (κ2) is 6.58. The topological polar surface area (TPSA) is 26.7 Å². The molecule has 0 aromatic carbocycles. The lowest BCUT2D eigenvalue weighted by Crippen LogP contribution is -2.37. The zero-order valence-electron chi connectivity index (χ0n) is 11.2. The van der Waals surface area contributed by atoms with Gasteiger partial charge in [-0.2, -0.15) is 0 Å². The average molecular weight is 228 g/mol. The number of hydrogen-bond acceptors (Lipinski definition) is 3. The van der Waals surface area contributed by atoms with Crippen molar-refractivity contribution in [3.8, 4) is 0 Å². The Balaban J connectivity index is 2.24. The maximum Gasteiger partial charge on any atom is 0.0499 e. The Morgan fingerprint density at radius 3 is 2.19 bits per heavy atom. The number of aliphatic hydroxyl groups excluding tert-OH is 1. The summed E-state index contributed by atoms with van der Waals surface area (Å²) in [4.78, 5) is 4.62. The molecule has 0 spiro atoms. The number of rotatable bonds is 7. The highest BCUT2D eigenvalue weighted by atomic mass is 16.3. The molecule has 16 heavy (non-hydrogen) atoms. The minimum absolute atomic E-state index is 0.215. The molecule has 1 fully saturated rings. The molecule has 1 saturated carbocycles. The van der Waals surface area contributed by atoms with Crippen LogP contribution >= 0.6 is 0 Å². The first-order valence-electron chi connectivity index (χ1n) is 6.52. The van der Waals surface area contributed by atoms with E-state index in [1.807, 2.05) is 0 Å². The Labute approximate surface area is 100 Å². The van der Waals surface area contributed by atoms with E-state index >= 15 is 0 Å². The van der Waals surface area contributed by atoms with Gasteiger partial charge in [-0.1, -0.05) is 12.8 Å². The van der Waals surface area contributed by atoms with E-state index in [0.717, 1.165) is 19.6 Å². The maximum absolute atomic E-state index is 9.54. The molecule has 1 rings (SSSR count). The zero-order chi connectivity index (χ0) is 12.0. The fourth-order valence-corrected chi connectivity index (χ4v) is 2.80. The highest BCUT2D eigenvalue weighted by molar-refractivity contribution is 4.86. The summed E-state index contributed by atoms with van der Waals surface area (Å²) in [5.41, 5.74) is 0.215. The Morgan fingerprint density at radius 2 is 1.69 bits per heavy atom. The van der Waals surface area contributed by atoms with Crippen molar-refractivity contribution in [2.24, 2.45) is 5.41 Å². The van der Waals surface area contributed by atoms with Gasteiger partial charge in [0.15, 0.2) is 0 Å². The predicted molar refractivity (Wildman–Crippen MR) is 68.7 cm³/mol. The van der Waals surface area contributed by atoms with Gasteiger partial charge in [0.05, 0.1) is 0 Å². The van der Waals surface area contributed by atoms with Crippen molar-refractivity contribution in [1.82, 2.24) is 9.80 Å². The number of nitrogens with zero attached hydrogens (tertiary/aromatic N) is 2. The normalized spacial score (nSPS) is 19.9. The molecule has 0 heterocycles. The summed E-state index contributed by atoms with van der Waals surface area (Å²) < 4.78 is 0. The highest BCUT2D eigenvalue weighted by Gasteiger charge is 2.33. The Morgan fingerprint density at radius 1 is 1.06 bits per heavy atom. The van der Waals surface area contributed by atoms with Crippen LogP contribution < -0.4 is 0 Å². The summed E-state index contributed by atoms with van der Waals surface area (Å²) in [5.74, 6) is 0. The van der Waals surface area contributed by atoms with Crippen LogP contribution in [0.5, 0.6) is 0 Å². The van der Waals surface area contributed by atoms with Crippen LogP contribution in [0.25, 0.3) is 0 Å². The molecule has 0 saturated heterocycles. The van der Waals surface area contributed by atoms with Crippen molar-refractivity contribution < 1.29 is 5.11 Å². The molecule has 0 aromatic heterocycles. The summed E-state index contributed by atoms with van der Waals surface area (Å²) in [6.07, 6.45) is 6.23. The van der Waals surface area contributed by atoms with Gasteiger partial charge in [0.1, 0.15) is 0 Å². The molecule has 0 atom stereocenters. The molecule has 0 radical (unpaired) electrons. The van der Waals surface area contributed by atoms with E-state index in [1.54, 1.807) is 0 Å². The van der Waals surface area contributed by atoms with Crippen LogP contribution in [0, 0.1) is 5.41 Å². The average Bonchev–Trinajstić information content (AvgIpc) is 2.66. The molecule has 3 nitrogen and oxygen atoms in total. The largest absolute Gasteiger partial charge is 0.396 e. The standard InChI is InChI=1S/C13H28N2O/c1-14(2)9-6-10-15(3)11-13(12-16)7-4-5-8-13/h16H,4-12H2,1-3H3. The lowest BCUT2D eigenvalue weighted by molar-refractivity contribution is 0.0877. The van der Waals surface area contributed by atoms with Gasteiger partial charge in [-0.15, -0.1) is 0 Å². The third-order valence-corrected chi connectivity index (χ3v) is 3.75. The lowest BCUT2D eigenvalue weighted by atomic mass is 9.86. The lowest BCUT2D eigenvalue weighted by Gasteiger charge is -2.32. The Kier molecular flexibility index (Phi) is 5.73. The minimum atomic E-state index is 0.215. The molecule has 1 aliphatic rings. The van der Waals surface area contributed by atoms with Crippen molar-refractivity contribution >= 4 is 0 Å². The molecule has 0 aliphatic heterocycles. The monoisotopic (exact) mass is 228 g/mol. The van der Waals surface area contributed by atoms with E-state index < -0.39 is 0 Å². The van der Waals surface area contributed by atoms with Crippen LogP contribution in [0.15, 0.2) is 0 Å². The van der Waals surface area contributed by atoms with Crippen LogP contribution in [-0.2, 0) is 0 Å². The molecule has 1 N–H and O–H groups in total. The Hall–Kier alpha value is -0.120. The van der Waals surface area contributed by atoms with Gasteiger partial charge in [0.25, 0.3) is 0 Å². The summed E-state index contributed by atoms with van der Waals surface area (Å²) in [6, 6.07) is 0. The fourth-order valence-electron chi connectivity index (χ4n) is 2.80. The second-order valence-electron chi connectivity index (χ2n) is 5.76. The number of aliphatic hydroxyl groups is 1.